The highest BCUT2D eigenvalue weighted by Crippen LogP contribution is 2.28. The van der Waals surface area contributed by atoms with Crippen molar-refractivity contribution in [3.8, 4) is 11.3 Å². The maximum atomic E-state index is 12.6. The lowest BCUT2D eigenvalue weighted by molar-refractivity contribution is 0.102. The lowest BCUT2D eigenvalue weighted by Gasteiger charge is -2.27. The Kier molecular flexibility index (Phi) is 5.36. The van der Waals surface area contributed by atoms with E-state index in [9.17, 15) is 4.79 Å². The number of amides is 1. The van der Waals surface area contributed by atoms with Crippen LogP contribution in [0, 0.1) is 13.8 Å². The first-order valence-corrected chi connectivity index (χ1v) is 10.1. The number of aryl methyl sites for hydroxylation is 2. The summed E-state index contributed by atoms with van der Waals surface area (Å²) in [4.78, 5) is 23.7. The topological polar surface area (TPSA) is 67.4 Å². The average molecular weight is 395 g/mol. The number of carbonyl (C=O) groups excluding carboxylic acids is 1. The monoisotopic (exact) mass is 394 g/mol. The van der Waals surface area contributed by atoms with E-state index >= 15 is 0 Å². The highest BCUT2D eigenvalue weighted by molar-refractivity contribution is 7.14. The number of ether oxygens (including phenoxy) is 1. The van der Waals surface area contributed by atoms with Crippen LogP contribution in [-0.4, -0.2) is 42.2 Å². The van der Waals surface area contributed by atoms with Crippen molar-refractivity contribution in [3.05, 3.63) is 58.6 Å². The Bertz CT molecular complexity index is 978. The predicted molar refractivity (Wildman–Crippen MR) is 112 cm³/mol. The quantitative estimate of drug-likeness (QED) is 0.727. The van der Waals surface area contributed by atoms with Gasteiger partial charge in [0.25, 0.3) is 5.91 Å². The lowest BCUT2D eigenvalue weighted by atomic mass is 10.0. The SMILES string of the molecule is Cc1ccc(C)c(-c2csc(NC(=O)c3ccc(N4CCOCC4)nc3)n2)c1. The Balaban J connectivity index is 1.45. The molecule has 1 saturated heterocycles. The van der Waals surface area contributed by atoms with Gasteiger partial charge in [0, 0.05) is 30.2 Å². The Labute approximate surface area is 168 Å². The molecule has 1 N–H and O–H groups in total. The molecular weight excluding hydrogens is 372 g/mol. The van der Waals surface area contributed by atoms with Gasteiger partial charge in [-0.2, -0.15) is 0 Å². The number of rotatable bonds is 4. The summed E-state index contributed by atoms with van der Waals surface area (Å²) in [5, 5.41) is 5.43. The molecule has 28 heavy (non-hydrogen) atoms. The molecule has 2 aromatic heterocycles. The number of pyridine rings is 1. The van der Waals surface area contributed by atoms with Gasteiger partial charge in [0.1, 0.15) is 5.82 Å². The normalized spacial score (nSPS) is 14.1. The highest BCUT2D eigenvalue weighted by Gasteiger charge is 2.15. The van der Waals surface area contributed by atoms with E-state index in [0.29, 0.717) is 23.9 Å². The summed E-state index contributed by atoms with van der Waals surface area (Å²) in [5.74, 6) is 0.661. The number of aromatic nitrogens is 2. The molecule has 0 aliphatic carbocycles. The fourth-order valence-corrected chi connectivity index (χ4v) is 3.84. The second-order valence-electron chi connectivity index (χ2n) is 6.81. The van der Waals surface area contributed by atoms with Gasteiger partial charge in [-0.1, -0.05) is 17.7 Å². The summed E-state index contributed by atoms with van der Waals surface area (Å²) >= 11 is 1.42. The third-order valence-corrected chi connectivity index (χ3v) is 5.50. The Morgan fingerprint density at radius 2 is 2.00 bits per heavy atom. The smallest absolute Gasteiger partial charge is 0.259 e. The van der Waals surface area contributed by atoms with E-state index in [0.717, 1.165) is 35.7 Å². The molecule has 7 heteroatoms. The van der Waals surface area contributed by atoms with Crippen LogP contribution in [0.15, 0.2) is 41.9 Å². The van der Waals surface area contributed by atoms with Crippen LogP contribution in [0.4, 0.5) is 10.9 Å². The van der Waals surface area contributed by atoms with Crippen LogP contribution in [0.2, 0.25) is 0 Å². The van der Waals surface area contributed by atoms with Crippen LogP contribution in [0.25, 0.3) is 11.3 Å². The van der Waals surface area contributed by atoms with E-state index in [1.54, 1.807) is 12.3 Å². The summed E-state index contributed by atoms with van der Waals surface area (Å²) < 4.78 is 5.36. The van der Waals surface area contributed by atoms with Crippen LogP contribution in [0.1, 0.15) is 21.5 Å². The minimum Gasteiger partial charge on any atom is -0.378 e. The molecule has 144 valence electrons. The van der Waals surface area contributed by atoms with Crippen LogP contribution in [-0.2, 0) is 4.74 Å². The van der Waals surface area contributed by atoms with E-state index in [1.165, 1.54) is 16.9 Å². The summed E-state index contributed by atoms with van der Waals surface area (Å²) in [6.07, 6.45) is 1.61. The molecule has 1 amide bonds. The van der Waals surface area contributed by atoms with Gasteiger partial charge in [0.2, 0.25) is 0 Å². The van der Waals surface area contributed by atoms with Gasteiger partial charge in [-0.15, -0.1) is 11.3 Å². The van der Waals surface area contributed by atoms with Crippen molar-refractivity contribution in [1.29, 1.82) is 0 Å². The van der Waals surface area contributed by atoms with Gasteiger partial charge in [0.15, 0.2) is 5.13 Å². The Morgan fingerprint density at radius 1 is 1.18 bits per heavy atom. The molecule has 3 heterocycles. The fourth-order valence-electron chi connectivity index (χ4n) is 3.14. The van der Waals surface area contributed by atoms with Crippen molar-refractivity contribution in [2.24, 2.45) is 0 Å². The Morgan fingerprint density at radius 3 is 2.75 bits per heavy atom. The molecule has 6 nitrogen and oxygen atoms in total. The van der Waals surface area contributed by atoms with Gasteiger partial charge in [0.05, 0.1) is 24.5 Å². The lowest BCUT2D eigenvalue weighted by Crippen LogP contribution is -2.36. The minimum atomic E-state index is -0.206. The molecule has 1 aliphatic rings. The fraction of sp³-hybridized carbons (Fsp3) is 0.286. The van der Waals surface area contributed by atoms with Crippen molar-refractivity contribution >= 4 is 28.2 Å². The van der Waals surface area contributed by atoms with E-state index in [-0.39, 0.29) is 5.91 Å². The summed E-state index contributed by atoms with van der Waals surface area (Å²) in [6.45, 7) is 7.17. The zero-order chi connectivity index (χ0) is 19.5. The molecule has 0 spiro atoms. The first-order valence-electron chi connectivity index (χ1n) is 9.23. The number of hydrogen-bond acceptors (Lipinski definition) is 6. The maximum absolute atomic E-state index is 12.6. The van der Waals surface area contributed by atoms with Crippen LogP contribution >= 0.6 is 11.3 Å². The van der Waals surface area contributed by atoms with E-state index in [4.69, 9.17) is 4.74 Å². The molecule has 1 aromatic carbocycles. The number of anilines is 2. The van der Waals surface area contributed by atoms with Crippen LogP contribution in [0.3, 0.4) is 0 Å². The highest BCUT2D eigenvalue weighted by atomic mass is 32.1. The number of carbonyl (C=O) groups is 1. The molecule has 0 bridgehead atoms. The molecule has 1 fully saturated rings. The molecule has 0 unspecified atom stereocenters. The number of hydrogen-bond donors (Lipinski definition) is 1. The number of benzene rings is 1. The van der Waals surface area contributed by atoms with E-state index in [2.05, 4.69) is 52.2 Å². The molecule has 4 rings (SSSR count). The summed E-state index contributed by atoms with van der Waals surface area (Å²) in [7, 11) is 0. The molecule has 0 radical (unpaired) electrons. The number of thiazole rings is 1. The molecule has 0 atom stereocenters. The maximum Gasteiger partial charge on any atom is 0.259 e. The first-order chi connectivity index (χ1) is 13.6. The molecule has 0 saturated carbocycles. The molecular formula is C21H22N4O2S. The zero-order valence-electron chi connectivity index (χ0n) is 15.9. The Hall–Kier alpha value is -2.77. The van der Waals surface area contributed by atoms with Gasteiger partial charge in [-0.25, -0.2) is 9.97 Å². The van der Waals surface area contributed by atoms with Gasteiger partial charge < -0.3 is 9.64 Å². The largest absolute Gasteiger partial charge is 0.378 e. The van der Waals surface area contributed by atoms with Gasteiger partial charge in [-0.05, 0) is 37.6 Å². The predicted octanol–water partition coefficient (Wildman–Crippen LogP) is 3.91. The standard InChI is InChI=1S/C21H22N4O2S/c1-14-3-4-15(2)17(11-14)18-13-28-21(23-18)24-20(26)16-5-6-19(22-12-16)25-7-9-27-10-8-25/h3-6,11-13H,7-10H2,1-2H3,(H,23,24,26). The van der Waals surface area contributed by atoms with Crippen molar-refractivity contribution in [1.82, 2.24) is 9.97 Å². The van der Waals surface area contributed by atoms with Crippen molar-refractivity contribution in [2.45, 2.75) is 13.8 Å². The van der Waals surface area contributed by atoms with Gasteiger partial charge in [-0.3, -0.25) is 10.1 Å². The minimum absolute atomic E-state index is 0.206. The van der Waals surface area contributed by atoms with E-state index in [1.807, 2.05) is 11.4 Å². The second kappa shape index (κ2) is 8.08. The van der Waals surface area contributed by atoms with Crippen LogP contribution in [0.5, 0.6) is 0 Å². The summed E-state index contributed by atoms with van der Waals surface area (Å²) in [5.41, 5.74) is 4.83. The number of nitrogens with one attached hydrogen (secondary N) is 1. The van der Waals surface area contributed by atoms with Crippen molar-refractivity contribution in [2.75, 3.05) is 36.5 Å². The van der Waals surface area contributed by atoms with Crippen LogP contribution < -0.4 is 10.2 Å². The van der Waals surface area contributed by atoms with Gasteiger partial charge >= 0.3 is 0 Å². The zero-order valence-corrected chi connectivity index (χ0v) is 16.8. The third kappa shape index (κ3) is 4.05. The molecule has 1 aliphatic heterocycles. The number of nitrogens with zero attached hydrogens (tertiary/aromatic N) is 3. The first kappa shape index (κ1) is 18.6. The third-order valence-electron chi connectivity index (χ3n) is 4.74. The number of morpholine rings is 1. The summed E-state index contributed by atoms with van der Waals surface area (Å²) in [6, 6.07) is 9.96. The molecule has 3 aromatic rings. The second-order valence-corrected chi connectivity index (χ2v) is 7.67. The van der Waals surface area contributed by atoms with Crippen molar-refractivity contribution < 1.29 is 9.53 Å². The van der Waals surface area contributed by atoms with Crippen molar-refractivity contribution in [3.63, 3.8) is 0 Å². The van der Waals surface area contributed by atoms with E-state index < -0.39 is 0 Å². The average Bonchev–Trinajstić information content (AvgIpc) is 3.19.